The summed E-state index contributed by atoms with van der Waals surface area (Å²) in [6.07, 6.45) is 0. The van der Waals surface area contributed by atoms with Crippen molar-refractivity contribution >= 4 is 5.78 Å². The average molecular weight is 152 g/mol. The van der Waals surface area contributed by atoms with E-state index in [1.807, 2.05) is 27.7 Å². The molecule has 0 amide bonds. The minimum Gasteiger partial charge on any atom is -0.294 e. The third-order valence-corrected chi connectivity index (χ3v) is 2.88. The Labute approximate surface area is 68.5 Å². The average Bonchev–Trinajstić information content (AvgIpc) is 1.87. The van der Waals surface area contributed by atoms with E-state index in [-0.39, 0.29) is 5.41 Å². The van der Waals surface area contributed by atoms with Crippen molar-refractivity contribution in [2.24, 2.45) is 11.3 Å². The van der Waals surface area contributed by atoms with Crippen molar-refractivity contribution < 1.29 is 4.79 Å². The van der Waals surface area contributed by atoms with Crippen LogP contribution in [0.1, 0.15) is 34.6 Å². The summed E-state index contributed by atoms with van der Waals surface area (Å²) in [5, 5.41) is 0. The van der Waals surface area contributed by atoms with Gasteiger partial charge < -0.3 is 0 Å². The van der Waals surface area contributed by atoms with Crippen molar-refractivity contribution in [3.05, 3.63) is 11.1 Å². The van der Waals surface area contributed by atoms with Crippen molar-refractivity contribution in [2.75, 3.05) is 0 Å². The highest BCUT2D eigenvalue weighted by molar-refractivity contribution is 6.07. The second-order valence-electron chi connectivity index (χ2n) is 4.19. The molecule has 0 bridgehead atoms. The van der Waals surface area contributed by atoms with E-state index in [4.69, 9.17) is 0 Å². The SMILES string of the molecule is CC(C)=C1C(=O)C(C)(C)C1C. The summed E-state index contributed by atoms with van der Waals surface area (Å²) in [5.74, 6) is 0.782. The van der Waals surface area contributed by atoms with Gasteiger partial charge in [-0.15, -0.1) is 0 Å². The van der Waals surface area contributed by atoms with Crippen LogP contribution in [0, 0.1) is 11.3 Å². The van der Waals surface area contributed by atoms with Crippen molar-refractivity contribution in [3.63, 3.8) is 0 Å². The first-order valence-electron chi connectivity index (χ1n) is 4.11. The largest absolute Gasteiger partial charge is 0.294 e. The second-order valence-corrected chi connectivity index (χ2v) is 4.19. The van der Waals surface area contributed by atoms with Gasteiger partial charge in [0.25, 0.3) is 0 Å². The Morgan fingerprint density at radius 3 is 2.00 bits per heavy atom. The minimum absolute atomic E-state index is 0.105. The summed E-state index contributed by atoms with van der Waals surface area (Å²) in [4.78, 5) is 11.5. The van der Waals surface area contributed by atoms with Crippen LogP contribution >= 0.6 is 0 Å². The number of rotatable bonds is 0. The van der Waals surface area contributed by atoms with Gasteiger partial charge in [0, 0.05) is 5.41 Å². The zero-order chi connectivity index (χ0) is 8.81. The molecule has 0 aliphatic heterocycles. The maximum absolute atomic E-state index is 11.5. The van der Waals surface area contributed by atoms with Crippen LogP contribution in [0.2, 0.25) is 0 Å². The molecule has 0 saturated heterocycles. The third-order valence-electron chi connectivity index (χ3n) is 2.88. The fraction of sp³-hybridized carbons (Fsp3) is 0.700. The maximum atomic E-state index is 11.5. The standard InChI is InChI=1S/C10H16O/c1-6(2)8-7(3)10(4,5)9(8)11/h7H,1-5H3. The Kier molecular flexibility index (Phi) is 1.70. The molecule has 1 fully saturated rings. The Bertz CT molecular complexity index is 229. The van der Waals surface area contributed by atoms with E-state index in [1.54, 1.807) is 0 Å². The first-order chi connectivity index (χ1) is 4.89. The van der Waals surface area contributed by atoms with Crippen LogP contribution in [0.25, 0.3) is 0 Å². The lowest BCUT2D eigenvalue weighted by Crippen LogP contribution is -2.47. The minimum atomic E-state index is -0.105. The third kappa shape index (κ3) is 0.943. The molecule has 0 aromatic rings. The number of hydrogen-bond donors (Lipinski definition) is 0. The molecule has 0 aromatic heterocycles. The highest BCUT2D eigenvalue weighted by atomic mass is 16.1. The summed E-state index contributed by atoms with van der Waals surface area (Å²) in [6.45, 7) is 10.2. The molecule has 1 heteroatoms. The van der Waals surface area contributed by atoms with Crippen molar-refractivity contribution in [1.82, 2.24) is 0 Å². The van der Waals surface area contributed by atoms with Gasteiger partial charge >= 0.3 is 0 Å². The summed E-state index contributed by atoms with van der Waals surface area (Å²) >= 11 is 0. The summed E-state index contributed by atoms with van der Waals surface area (Å²) in [5.41, 5.74) is 2.13. The lowest BCUT2D eigenvalue weighted by Gasteiger charge is -2.43. The van der Waals surface area contributed by atoms with Crippen LogP contribution in [0.15, 0.2) is 11.1 Å². The molecule has 1 nitrogen and oxygen atoms in total. The lowest BCUT2D eigenvalue weighted by molar-refractivity contribution is -0.132. The molecule has 0 spiro atoms. The Hall–Kier alpha value is -0.590. The van der Waals surface area contributed by atoms with Crippen molar-refractivity contribution in [1.29, 1.82) is 0 Å². The first-order valence-corrected chi connectivity index (χ1v) is 4.11. The highest BCUT2D eigenvalue weighted by Crippen LogP contribution is 2.47. The van der Waals surface area contributed by atoms with Crippen LogP contribution in [0.3, 0.4) is 0 Å². The van der Waals surface area contributed by atoms with Crippen LogP contribution in [-0.2, 0) is 4.79 Å². The molecule has 0 N–H and O–H groups in total. The van der Waals surface area contributed by atoms with Gasteiger partial charge in [-0.05, 0) is 25.3 Å². The Morgan fingerprint density at radius 2 is 1.82 bits per heavy atom. The quantitative estimate of drug-likeness (QED) is 0.487. The van der Waals surface area contributed by atoms with E-state index >= 15 is 0 Å². The van der Waals surface area contributed by atoms with Crippen molar-refractivity contribution in [2.45, 2.75) is 34.6 Å². The number of ketones is 1. The molecule has 1 unspecified atom stereocenters. The molecule has 0 heterocycles. The smallest absolute Gasteiger partial charge is 0.165 e. The van der Waals surface area contributed by atoms with Gasteiger partial charge in [0.1, 0.15) is 0 Å². The van der Waals surface area contributed by atoms with Gasteiger partial charge in [0.2, 0.25) is 0 Å². The molecule has 62 valence electrons. The Morgan fingerprint density at radius 1 is 1.36 bits per heavy atom. The van der Waals surface area contributed by atoms with Gasteiger partial charge in [-0.2, -0.15) is 0 Å². The van der Waals surface area contributed by atoms with Gasteiger partial charge in [0.05, 0.1) is 0 Å². The van der Waals surface area contributed by atoms with Gasteiger partial charge in [-0.3, -0.25) is 4.79 Å². The molecular formula is C10H16O. The topological polar surface area (TPSA) is 17.1 Å². The van der Waals surface area contributed by atoms with Gasteiger partial charge in [-0.25, -0.2) is 0 Å². The number of hydrogen-bond acceptors (Lipinski definition) is 1. The van der Waals surface area contributed by atoms with Crippen LogP contribution in [0.5, 0.6) is 0 Å². The van der Waals surface area contributed by atoms with E-state index in [1.165, 1.54) is 5.57 Å². The second kappa shape index (κ2) is 2.20. The molecule has 1 aliphatic rings. The normalized spacial score (nSPS) is 28.3. The molecule has 1 atom stereocenters. The van der Waals surface area contributed by atoms with Crippen LogP contribution in [-0.4, -0.2) is 5.78 Å². The number of allylic oxidation sites excluding steroid dienone is 2. The number of Topliss-reactive ketones (excluding diaryl/α,β-unsaturated/α-hetero) is 1. The summed E-state index contributed by atoms with van der Waals surface area (Å²) < 4.78 is 0. The number of carbonyl (C=O) groups is 1. The monoisotopic (exact) mass is 152 g/mol. The van der Waals surface area contributed by atoms with Crippen LogP contribution < -0.4 is 0 Å². The molecule has 11 heavy (non-hydrogen) atoms. The van der Waals surface area contributed by atoms with E-state index in [0.717, 1.165) is 5.57 Å². The predicted molar refractivity (Wildman–Crippen MR) is 46.3 cm³/mol. The van der Waals surface area contributed by atoms with Gasteiger partial charge in [0.15, 0.2) is 5.78 Å². The molecule has 1 saturated carbocycles. The van der Waals surface area contributed by atoms with Crippen molar-refractivity contribution in [3.8, 4) is 0 Å². The van der Waals surface area contributed by atoms with E-state index in [2.05, 4.69) is 6.92 Å². The molecule has 0 radical (unpaired) electrons. The first kappa shape index (κ1) is 8.51. The zero-order valence-corrected chi connectivity index (χ0v) is 7.99. The summed E-state index contributed by atoms with van der Waals surface area (Å²) in [7, 11) is 0. The lowest BCUT2D eigenvalue weighted by atomic mass is 9.58. The fourth-order valence-electron chi connectivity index (χ4n) is 1.68. The van der Waals surface area contributed by atoms with E-state index in [0.29, 0.717) is 11.7 Å². The van der Waals surface area contributed by atoms with Gasteiger partial charge in [-0.1, -0.05) is 26.3 Å². The fourth-order valence-corrected chi connectivity index (χ4v) is 1.68. The highest BCUT2D eigenvalue weighted by Gasteiger charge is 2.49. The maximum Gasteiger partial charge on any atom is 0.165 e. The zero-order valence-electron chi connectivity index (χ0n) is 7.99. The van der Waals surface area contributed by atoms with Crippen LogP contribution in [0.4, 0.5) is 0 Å². The van der Waals surface area contributed by atoms with E-state index in [9.17, 15) is 4.79 Å². The molecule has 1 aliphatic carbocycles. The Balaban J connectivity index is 2.99. The molecule has 1 rings (SSSR count). The summed E-state index contributed by atoms with van der Waals surface area (Å²) in [6, 6.07) is 0. The number of carbonyl (C=O) groups excluding carboxylic acids is 1. The molecular weight excluding hydrogens is 136 g/mol. The predicted octanol–water partition coefficient (Wildman–Crippen LogP) is 2.57. The molecule has 0 aromatic carbocycles. The van der Waals surface area contributed by atoms with E-state index < -0.39 is 0 Å².